The molecule has 3 aliphatic heterocycles. The zero-order valence-electron chi connectivity index (χ0n) is 18.0. The van der Waals surface area contributed by atoms with Crippen molar-refractivity contribution in [3.63, 3.8) is 0 Å². The van der Waals surface area contributed by atoms with Crippen LogP contribution in [0.25, 0.3) is 0 Å². The van der Waals surface area contributed by atoms with E-state index in [1.807, 2.05) is 0 Å². The third-order valence-electron chi connectivity index (χ3n) is 7.33. The molecule has 0 aromatic rings. The van der Waals surface area contributed by atoms with Gasteiger partial charge in [0.15, 0.2) is 0 Å². The van der Waals surface area contributed by atoms with Crippen LogP contribution in [-0.2, 0) is 4.79 Å². The van der Waals surface area contributed by atoms with Crippen LogP contribution >= 0.6 is 0 Å². The largest absolute Gasteiger partial charge is 0.341 e. The standard InChI is InChI=1S/C22H42N4O/c1-4-24-13-7-6-8-21(24)22(27)25(5-2)18-19-9-16-26(17-10-19)20-11-14-23(3)15-12-20/h19-21H,4-18H2,1-3H3. The average molecular weight is 379 g/mol. The van der Waals surface area contributed by atoms with Gasteiger partial charge in [-0.25, -0.2) is 0 Å². The van der Waals surface area contributed by atoms with Crippen LogP contribution in [-0.4, -0.2) is 97.0 Å². The Bertz CT molecular complexity index is 455. The van der Waals surface area contributed by atoms with Gasteiger partial charge in [0.05, 0.1) is 6.04 Å². The molecule has 1 atom stereocenters. The maximum Gasteiger partial charge on any atom is 0.239 e. The van der Waals surface area contributed by atoms with Gasteiger partial charge in [0.2, 0.25) is 5.91 Å². The molecule has 3 fully saturated rings. The van der Waals surface area contributed by atoms with Crippen molar-refractivity contribution in [1.82, 2.24) is 19.6 Å². The summed E-state index contributed by atoms with van der Waals surface area (Å²) in [5, 5.41) is 0. The molecule has 156 valence electrons. The summed E-state index contributed by atoms with van der Waals surface area (Å²) in [6.07, 6.45) is 8.69. The van der Waals surface area contributed by atoms with Crippen LogP contribution in [0.4, 0.5) is 0 Å². The number of carbonyl (C=O) groups is 1. The lowest BCUT2D eigenvalue weighted by Crippen LogP contribution is -2.52. The number of amides is 1. The van der Waals surface area contributed by atoms with Gasteiger partial charge < -0.3 is 14.7 Å². The molecule has 3 heterocycles. The molecule has 1 amide bonds. The number of hydrogen-bond acceptors (Lipinski definition) is 4. The van der Waals surface area contributed by atoms with Crippen molar-refractivity contribution in [2.75, 3.05) is 59.4 Å². The van der Waals surface area contributed by atoms with E-state index in [4.69, 9.17) is 0 Å². The first-order valence-corrected chi connectivity index (χ1v) is 11.6. The molecular formula is C22H42N4O. The number of rotatable bonds is 6. The summed E-state index contributed by atoms with van der Waals surface area (Å²) in [4.78, 5) is 23.0. The highest BCUT2D eigenvalue weighted by atomic mass is 16.2. The number of hydrogen-bond donors (Lipinski definition) is 0. The summed E-state index contributed by atoms with van der Waals surface area (Å²) >= 11 is 0. The second-order valence-electron chi connectivity index (χ2n) is 9.03. The van der Waals surface area contributed by atoms with Gasteiger partial charge in [-0.1, -0.05) is 13.3 Å². The highest BCUT2D eigenvalue weighted by Gasteiger charge is 2.33. The van der Waals surface area contributed by atoms with E-state index in [1.54, 1.807) is 0 Å². The molecule has 0 aliphatic carbocycles. The minimum Gasteiger partial charge on any atom is -0.341 e. The Morgan fingerprint density at radius 1 is 0.926 bits per heavy atom. The van der Waals surface area contributed by atoms with Gasteiger partial charge in [-0.05, 0) is 97.7 Å². The van der Waals surface area contributed by atoms with Gasteiger partial charge in [0.1, 0.15) is 0 Å². The number of likely N-dealkylation sites (N-methyl/N-ethyl adjacent to an activating group) is 2. The Balaban J connectivity index is 1.47. The Morgan fingerprint density at radius 3 is 2.26 bits per heavy atom. The molecule has 0 aromatic carbocycles. The molecule has 5 nitrogen and oxygen atoms in total. The van der Waals surface area contributed by atoms with E-state index < -0.39 is 0 Å². The topological polar surface area (TPSA) is 30.0 Å². The van der Waals surface area contributed by atoms with Gasteiger partial charge in [0, 0.05) is 19.1 Å². The van der Waals surface area contributed by atoms with Crippen LogP contribution in [0.1, 0.15) is 58.8 Å². The average Bonchev–Trinajstić information content (AvgIpc) is 2.72. The highest BCUT2D eigenvalue weighted by molar-refractivity contribution is 5.82. The first kappa shape index (κ1) is 21.1. The van der Waals surface area contributed by atoms with E-state index in [0.29, 0.717) is 11.8 Å². The van der Waals surface area contributed by atoms with Crippen LogP contribution < -0.4 is 0 Å². The molecule has 1 unspecified atom stereocenters. The molecule has 3 rings (SSSR count). The third-order valence-corrected chi connectivity index (χ3v) is 7.33. The summed E-state index contributed by atoms with van der Waals surface area (Å²) in [6.45, 7) is 13.3. The quantitative estimate of drug-likeness (QED) is 0.710. The Hall–Kier alpha value is -0.650. The molecule has 0 N–H and O–H groups in total. The first-order valence-electron chi connectivity index (χ1n) is 11.6. The smallest absolute Gasteiger partial charge is 0.239 e. The van der Waals surface area contributed by atoms with Crippen LogP contribution in [0.5, 0.6) is 0 Å². The first-order chi connectivity index (χ1) is 13.1. The van der Waals surface area contributed by atoms with Crippen LogP contribution in [0.3, 0.4) is 0 Å². The summed E-state index contributed by atoms with van der Waals surface area (Å²) in [5.41, 5.74) is 0. The molecule has 27 heavy (non-hydrogen) atoms. The minimum atomic E-state index is 0.142. The fourth-order valence-corrected chi connectivity index (χ4v) is 5.41. The monoisotopic (exact) mass is 378 g/mol. The number of nitrogens with zero attached hydrogens (tertiary/aromatic N) is 4. The summed E-state index contributed by atoms with van der Waals surface area (Å²) in [6, 6.07) is 0.939. The van der Waals surface area contributed by atoms with Crippen molar-refractivity contribution < 1.29 is 4.79 Å². The number of likely N-dealkylation sites (tertiary alicyclic amines) is 3. The normalized spacial score (nSPS) is 27.7. The molecule has 3 aliphatic rings. The molecule has 0 aromatic heterocycles. The lowest BCUT2D eigenvalue weighted by molar-refractivity contribution is -0.139. The zero-order chi connectivity index (χ0) is 19.2. The molecule has 0 radical (unpaired) electrons. The van der Waals surface area contributed by atoms with E-state index in [1.165, 1.54) is 64.7 Å². The van der Waals surface area contributed by atoms with Crippen LogP contribution in [0.2, 0.25) is 0 Å². The molecule has 3 saturated heterocycles. The Labute approximate surface area is 167 Å². The lowest BCUT2D eigenvalue weighted by Gasteiger charge is -2.42. The van der Waals surface area contributed by atoms with Gasteiger partial charge in [-0.3, -0.25) is 9.69 Å². The Kier molecular flexibility index (Phi) is 7.97. The molecule has 5 heteroatoms. The van der Waals surface area contributed by atoms with Crippen molar-refractivity contribution in [2.45, 2.75) is 70.9 Å². The van der Waals surface area contributed by atoms with E-state index >= 15 is 0 Å². The fraction of sp³-hybridized carbons (Fsp3) is 0.955. The van der Waals surface area contributed by atoms with Gasteiger partial charge in [0.25, 0.3) is 0 Å². The Morgan fingerprint density at radius 2 is 1.63 bits per heavy atom. The second-order valence-corrected chi connectivity index (χ2v) is 9.03. The van der Waals surface area contributed by atoms with Crippen molar-refractivity contribution in [3.05, 3.63) is 0 Å². The highest BCUT2D eigenvalue weighted by Crippen LogP contribution is 2.25. The predicted octanol–water partition coefficient (Wildman–Crippen LogP) is 2.52. The summed E-state index contributed by atoms with van der Waals surface area (Å²) in [7, 11) is 2.24. The van der Waals surface area contributed by atoms with E-state index in [0.717, 1.165) is 38.6 Å². The maximum atomic E-state index is 13.2. The van der Waals surface area contributed by atoms with E-state index in [2.05, 4.69) is 40.5 Å². The van der Waals surface area contributed by atoms with Crippen LogP contribution in [0, 0.1) is 5.92 Å². The third kappa shape index (κ3) is 5.45. The molecule has 0 spiro atoms. The zero-order valence-corrected chi connectivity index (χ0v) is 18.0. The van der Waals surface area contributed by atoms with E-state index in [-0.39, 0.29) is 6.04 Å². The van der Waals surface area contributed by atoms with E-state index in [9.17, 15) is 4.79 Å². The minimum absolute atomic E-state index is 0.142. The number of carbonyl (C=O) groups excluding carboxylic acids is 1. The lowest BCUT2D eigenvalue weighted by atomic mass is 9.92. The van der Waals surface area contributed by atoms with Gasteiger partial charge in [-0.2, -0.15) is 0 Å². The molecule has 0 saturated carbocycles. The van der Waals surface area contributed by atoms with Crippen molar-refractivity contribution in [3.8, 4) is 0 Å². The van der Waals surface area contributed by atoms with Crippen molar-refractivity contribution in [1.29, 1.82) is 0 Å². The van der Waals surface area contributed by atoms with Crippen molar-refractivity contribution >= 4 is 5.91 Å². The van der Waals surface area contributed by atoms with Crippen LogP contribution in [0.15, 0.2) is 0 Å². The molecular weight excluding hydrogens is 336 g/mol. The predicted molar refractivity (Wildman–Crippen MR) is 112 cm³/mol. The van der Waals surface area contributed by atoms with Gasteiger partial charge in [-0.15, -0.1) is 0 Å². The fourth-order valence-electron chi connectivity index (χ4n) is 5.41. The summed E-state index contributed by atoms with van der Waals surface area (Å²) < 4.78 is 0. The SMILES string of the molecule is CCN(CC1CCN(C2CCN(C)CC2)CC1)C(=O)C1CCCCN1CC. The maximum absolute atomic E-state index is 13.2. The second kappa shape index (κ2) is 10.2. The molecule has 0 bridgehead atoms. The number of piperidine rings is 3. The van der Waals surface area contributed by atoms with Crippen molar-refractivity contribution in [2.24, 2.45) is 5.92 Å². The summed E-state index contributed by atoms with van der Waals surface area (Å²) in [5.74, 6) is 1.09. The van der Waals surface area contributed by atoms with Gasteiger partial charge >= 0.3 is 0 Å².